The van der Waals surface area contributed by atoms with Gasteiger partial charge in [-0.3, -0.25) is 0 Å². The molecule has 7 heteroatoms. The quantitative estimate of drug-likeness (QED) is 0.909. The van der Waals surface area contributed by atoms with Crippen LogP contribution in [0, 0.1) is 0 Å². The van der Waals surface area contributed by atoms with Crippen LogP contribution in [0.25, 0.3) is 0 Å². The zero-order valence-electron chi connectivity index (χ0n) is 10.7. The standard InChI is InChI=1S/C12H16Cl2N2O2S/c1-8-6-15-7-9(2)16(8)19(17,18)10-3-4-11(13)12(14)5-10/h3-5,8-9,15H,6-7H2,1-2H3. The predicted octanol–water partition coefficient (Wildman–Crippen LogP) is 2.36. The highest BCUT2D eigenvalue weighted by molar-refractivity contribution is 7.89. The Hall–Kier alpha value is -0.330. The van der Waals surface area contributed by atoms with E-state index in [9.17, 15) is 8.42 Å². The van der Waals surface area contributed by atoms with Crippen LogP contribution >= 0.6 is 23.2 Å². The van der Waals surface area contributed by atoms with Crippen molar-refractivity contribution in [2.45, 2.75) is 30.8 Å². The van der Waals surface area contributed by atoms with Gasteiger partial charge in [0.2, 0.25) is 10.0 Å². The Morgan fingerprint density at radius 2 is 1.74 bits per heavy atom. The second kappa shape index (κ2) is 5.58. The van der Waals surface area contributed by atoms with Gasteiger partial charge in [-0.2, -0.15) is 4.31 Å². The summed E-state index contributed by atoms with van der Waals surface area (Å²) in [5, 5.41) is 3.80. The lowest BCUT2D eigenvalue weighted by atomic mass is 10.2. The molecule has 1 heterocycles. The molecule has 0 aromatic heterocycles. The van der Waals surface area contributed by atoms with Gasteiger partial charge in [0, 0.05) is 25.2 Å². The first-order chi connectivity index (χ1) is 8.84. The van der Waals surface area contributed by atoms with Crippen LogP contribution in [-0.4, -0.2) is 37.9 Å². The number of halogens is 2. The van der Waals surface area contributed by atoms with E-state index in [1.165, 1.54) is 22.5 Å². The Kier molecular flexibility index (Phi) is 4.42. The summed E-state index contributed by atoms with van der Waals surface area (Å²) in [6.07, 6.45) is 0. The van der Waals surface area contributed by atoms with Gasteiger partial charge in [-0.05, 0) is 32.0 Å². The van der Waals surface area contributed by atoms with Crippen molar-refractivity contribution in [1.82, 2.24) is 9.62 Å². The maximum absolute atomic E-state index is 12.7. The summed E-state index contributed by atoms with van der Waals surface area (Å²) in [7, 11) is -3.55. The molecule has 19 heavy (non-hydrogen) atoms. The van der Waals surface area contributed by atoms with E-state index in [4.69, 9.17) is 23.2 Å². The maximum atomic E-state index is 12.7. The first kappa shape index (κ1) is 15.1. The highest BCUT2D eigenvalue weighted by Gasteiger charge is 2.35. The number of hydrogen-bond donors (Lipinski definition) is 1. The molecule has 106 valence electrons. The molecule has 0 amide bonds. The van der Waals surface area contributed by atoms with E-state index in [0.29, 0.717) is 18.1 Å². The third-order valence-corrected chi connectivity index (χ3v) is 6.08. The molecule has 2 atom stereocenters. The summed E-state index contributed by atoms with van der Waals surface area (Å²) in [5.41, 5.74) is 0. The van der Waals surface area contributed by atoms with Crippen molar-refractivity contribution < 1.29 is 8.42 Å². The van der Waals surface area contributed by atoms with Gasteiger partial charge >= 0.3 is 0 Å². The average molecular weight is 323 g/mol. The number of sulfonamides is 1. The molecule has 1 aliphatic heterocycles. The molecule has 0 spiro atoms. The third kappa shape index (κ3) is 2.90. The number of rotatable bonds is 2. The molecule has 1 fully saturated rings. The molecule has 2 rings (SSSR count). The molecule has 1 aromatic carbocycles. The van der Waals surface area contributed by atoms with E-state index in [1.54, 1.807) is 0 Å². The first-order valence-corrected chi connectivity index (χ1v) is 8.23. The summed E-state index contributed by atoms with van der Waals surface area (Å²) in [6.45, 7) is 5.06. The fourth-order valence-electron chi connectivity index (χ4n) is 2.35. The first-order valence-electron chi connectivity index (χ1n) is 6.03. The highest BCUT2D eigenvalue weighted by Crippen LogP contribution is 2.28. The lowest BCUT2D eigenvalue weighted by molar-refractivity contribution is 0.220. The molecule has 1 aliphatic rings. The normalized spacial score (nSPS) is 25.5. The SMILES string of the molecule is CC1CNCC(C)N1S(=O)(=O)c1ccc(Cl)c(Cl)c1. The minimum Gasteiger partial charge on any atom is -0.314 e. The van der Waals surface area contributed by atoms with Crippen molar-refractivity contribution in [3.63, 3.8) is 0 Å². The third-order valence-electron chi connectivity index (χ3n) is 3.21. The predicted molar refractivity (Wildman–Crippen MR) is 77.3 cm³/mol. The number of hydrogen-bond acceptors (Lipinski definition) is 3. The van der Waals surface area contributed by atoms with E-state index < -0.39 is 10.0 Å². The molecule has 1 aromatic rings. The Morgan fingerprint density at radius 1 is 1.16 bits per heavy atom. The lowest BCUT2D eigenvalue weighted by Gasteiger charge is -2.38. The molecule has 1 saturated heterocycles. The van der Waals surface area contributed by atoms with E-state index in [1.807, 2.05) is 13.8 Å². The Morgan fingerprint density at radius 3 is 2.26 bits per heavy atom. The molecular weight excluding hydrogens is 307 g/mol. The fourth-order valence-corrected chi connectivity index (χ4v) is 4.56. The number of piperazine rings is 1. The smallest absolute Gasteiger partial charge is 0.243 e. The Bertz CT molecular complexity index is 567. The van der Waals surface area contributed by atoms with Gasteiger partial charge in [-0.25, -0.2) is 8.42 Å². The van der Waals surface area contributed by atoms with Crippen LogP contribution in [0.5, 0.6) is 0 Å². The summed E-state index contributed by atoms with van der Waals surface area (Å²) in [6, 6.07) is 4.21. The number of benzene rings is 1. The van der Waals surface area contributed by atoms with Crippen molar-refractivity contribution in [3.05, 3.63) is 28.2 Å². The molecule has 1 N–H and O–H groups in total. The van der Waals surface area contributed by atoms with Gasteiger partial charge < -0.3 is 5.32 Å². The molecule has 0 bridgehead atoms. The summed E-state index contributed by atoms with van der Waals surface area (Å²) >= 11 is 11.7. The minimum atomic E-state index is -3.55. The summed E-state index contributed by atoms with van der Waals surface area (Å²) in [4.78, 5) is 0.183. The van der Waals surface area contributed by atoms with E-state index in [-0.39, 0.29) is 22.0 Å². The van der Waals surface area contributed by atoms with Crippen LogP contribution in [0.3, 0.4) is 0 Å². The van der Waals surface area contributed by atoms with Crippen LogP contribution in [0.15, 0.2) is 23.1 Å². The van der Waals surface area contributed by atoms with E-state index in [0.717, 1.165) is 0 Å². The van der Waals surface area contributed by atoms with Gasteiger partial charge in [0.05, 0.1) is 14.9 Å². The Balaban J connectivity index is 2.43. The Labute approximate surface area is 123 Å². The maximum Gasteiger partial charge on any atom is 0.243 e. The van der Waals surface area contributed by atoms with Gasteiger partial charge in [0.1, 0.15) is 0 Å². The van der Waals surface area contributed by atoms with Crippen LogP contribution in [-0.2, 0) is 10.0 Å². The van der Waals surface area contributed by atoms with Gasteiger partial charge in [0.15, 0.2) is 0 Å². The van der Waals surface area contributed by atoms with Crippen molar-refractivity contribution in [3.8, 4) is 0 Å². The molecular formula is C12H16Cl2N2O2S. The lowest BCUT2D eigenvalue weighted by Crippen LogP contribution is -2.57. The van der Waals surface area contributed by atoms with Gasteiger partial charge in [0.25, 0.3) is 0 Å². The van der Waals surface area contributed by atoms with Gasteiger partial charge in [-0.15, -0.1) is 0 Å². The van der Waals surface area contributed by atoms with Crippen LogP contribution < -0.4 is 5.32 Å². The van der Waals surface area contributed by atoms with Crippen LogP contribution in [0.2, 0.25) is 10.0 Å². The molecule has 4 nitrogen and oxygen atoms in total. The van der Waals surface area contributed by atoms with Crippen molar-refractivity contribution in [2.24, 2.45) is 0 Å². The zero-order chi connectivity index (χ0) is 14.2. The van der Waals surface area contributed by atoms with Crippen molar-refractivity contribution in [1.29, 1.82) is 0 Å². The van der Waals surface area contributed by atoms with E-state index in [2.05, 4.69) is 5.32 Å². The fraction of sp³-hybridized carbons (Fsp3) is 0.500. The molecule has 2 unspecified atom stereocenters. The van der Waals surface area contributed by atoms with E-state index >= 15 is 0 Å². The zero-order valence-corrected chi connectivity index (χ0v) is 13.1. The topological polar surface area (TPSA) is 49.4 Å². The van der Waals surface area contributed by atoms with Crippen LogP contribution in [0.4, 0.5) is 0 Å². The molecule has 0 saturated carbocycles. The summed E-state index contributed by atoms with van der Waals surface area (Å²) in [5.74, 6) is 0. The average Bonchev–Trinajstić information content (AvgIpc) is 2.32. The van der Waals surface area contributed by atoms with Crippen molar-refractivity contribution >= 4 is 33.2 Å². The summed E-state index contributed by atoms with van der Waals surface area (Å²) < 4.78 is 26.9. The van der Waals surface area contributed by atoms with Gasteiger partial charge in [-0.1, -0.05) is 23.2 Å². The second-order valence-corrected chi connectivity index (χ2v) is 7.42. The van der Waals surface area contributed by atoms with Crippen LogP contribution in [0.1, 0.15) is 13.8 Å². The van der Waals surface area contributed by atoms with Crippen molar-refractivity contribution in [2.75, 3.05) is 13.1 Å². The molecule has 0 aliphatic carbocycles. The monoisotopic (exact) mass is 322 g/mol. The highest BCUT2D eigenvalue weighted by atomic mass is 35.5. The minimum absolute atomic E-state index is 0.0943. The second-order valence-electron chi connectivity index (χ2n) is 4.77. The number of nitrogens with one attached hydrogen (secondary N) is 1. The molecule has 0 radical (unpaired) electrons. The number of nitrogens with zero attached hydrogens (tertiary/aromatic N) is 1. The largest absolute Gasteiger partial charge is 0.314 e.